The van der Waals surface area contributed by atoms with Gasteiger partial charge in [-0.2, -0.15) is 11.8 Å². The zero-order chi connectivity index (χ0) is 12.5. The predicted octanol–water partition coefficient (Wildman–Crippen LogP) is 2.84. The molecule has 102 valence electrons. The van der Waals surface area contributed by atoms with Crippen LogP contribution in [0.4, 0.5) is 0 Å². The molecule has 0 saturated heterocycles. The van der Waals surface area contributed by atoms with E-state index in [0.29, 0.717) is 0 Å². The summed E-state index contributed by atoms with van der Waals surface area (Å²) in [6.07, 6.45) is 6.98. The molecule has 2 atom stereocenters. The summed E-state index contributed by atoms with van der Waals surface area (Å²) in [6.45, 7) is 4.68. The highest BCUT2D eigenvalue weighted by Crippen LogP contribution is 2.29. The molecule has 0 aromatic carbocycles. The molecule has 0 amide bonds. The summed E-state index contributed by atoms with van der Waals surface area (Å²) in [7, 11) is 4.31. The molecule has 0 heterocycles. The molecule has 0 spiro atoms. The molecule has 1 fully saturated rings. The van der Waals surface area contributed by atoms with Gasteiger partial charge in [-0.1, -0.05) is 13.3 Å². The van der Waals surface area contributed by atoms with Crippen LogP contribution < -0.4 is 5.32 Å². The van der Waals surface area contributed by atoms with E-state index in [9.17, 15) is 0 Å². The van der Waals surface area contributed by atoms with Crippen LogP contribution in [0, 0.1) is 5.92 Å². The molecule has 0 bridgehead atoms. The Labute approximate surface area is 112 Å². The van der Waals surface area contributed by atoms with E-state index in [1.807, 2.05) is 0 Å². The lowest BCUT2D eigenvalue weighted by Gasteiger charge is -2.20. The van der Waals surface area contributed by atoms with E-state index in [-0.39, 0.29) is 0 Å². The molecule has 0 aromatic heterocycles. The van der Waals surface area contributed by atoms with Crippen molar-refractivity contribution in [1.82, 2.24) is 10.2 Å². The molecule has 1 aliphatic rings. The van der Waals surface area contributed by atoms with Crippen molar-refractivity contribution in [2.75, 3.05) is 38.7 Å². The number of nitrogens with zero attached hydrogens (tertiary/aromatic N) is 1. The minimum atomic E-state index is 0.824. The molecule has 1 saturated carbocycles. The zero-order valence-electron chi connectivity index (χ0n) is 11.9. The Balaban J connectivity index is 2.04. The van der Waals surface area contributed by atoms with Gasteiger partial charge < -0.3 is 10.2 Å². The third-order valence-corrected chi connectivity index (χ3v) is 4.63. The molecule has 0 aliphatic heterocycles. The Morgan fingerprint density at radius 1 is 1.24 bits per heavy atom. The van der Waals surface area contributed by atoms with E-state index in [1.165, 1.54) is 56.7 Å². The second-order valence-electron chi connectivity index (χ2n) is 5.46. The van der Waals surface area contributed by atoms with Crippen LogP contribution >= 0.6 is 11.8 Å². The maximum Gasteiger partial charge on any atom is 0.00956 e. The van der Waals surface area contributed by atoms with Crippen molar-refractivity contribution < 1.29 is 0 Å². The van der Waals surface area contributed by atoms with Crippen molar-refractivity contribution in [2.45, 2.75) is 45.1 Å². The van der Waals surface area contributed by atoms with Gasteiger partial charge >= 0.3 is 0 Å². The lowest BCUT2D eigenvalue weighted by atomic mass is 10.0. The summed E-state index contributed by atoms with van der Waals surface area (Å²) in [6, 6.07) is 0.824. The molecule has 1 aliphatic carbocycles. The van der Waals surface area contributed by atoms with Crippen molar-refractivity contribution in [2.24, 2.45) is 5.92 Å². The van der Waals surface area contributed by atoms with Crippen LogP contribution in [0.2, 0.25) is 0 Å². The number of hydrogen-bond donors (Lipinski definition) is 1. The number of rotatable bonds is 9. The van der Waals surface area contributed by atoms with Crippen molar-refractivity contribution in [1.29, 1.82) is 0 Å². The second-order valence-corrected chi connectivity index (χ2v) is 6.68. The van der Waals surface area contributed by atoms with Crippen LogP contribution in [0.25, 0.3) is 0 Å². The van der Waals surface area contributed by atoms with E-state index in [0.717, 1.165) is 12.0 Å². The third kappa shape index (κ3) is 6.68. The fraction of sp³-hybridized carbons (Fsp3) is 1.00. The fourth-order valence-corrected chi connectivity index (χ4v) is 3.73. The van der Waals surface area contributed by atoms with Gasteiger partial charge in [-0.25, -0.2) is 0 Å². The van der Waals surface area contributed by atoms with Crippen LogP contribution in [-0.2, 0) is 0 Å². The molecule has 1 N–H and O–H groups in total. The number of nitrogens with one attached hydrogen (secondary N) is 1. The van der Waals surface area contributed by atoms with Gasteiger partial charge in [0.25, 0.3) is 0 Å². The van der Waals surface area contributed by atoms with Crippen LogP contribution in [0.15, 0.2) is 0 Å². The van der Waals surface area contributed by atoms with E-state index in [4.69, 9.17) is 0 Å². The van der Waals surface area contributed by atoms with Gasteiger partial charge in [-0.05, 0) is 58.0 Å². The number of hydrogen-bond acceptors (Lipinski definition) is 3. The van der Waals surface area contributed by atoms with Gasteiger partial charge in [0, 0.05) is 18.3 Å². The molecule has 2 unspecified atom stereocenters. The van der Waals surface area contributed by atoms with Gasteiger partial charge in [0.05, 0.1) is 0 Å². The third-order valence-electron chi connectivity index (χ3n) is 3.63. The summed E-state index contributed by atoms with van der Waals surface area (Å²) < 4.78 is 0. The quantitative estimate of drug-likeness (QED) is 0.640. The fourth-order valence-electron chi connectivity index (χ4n) is 2.56. The first kappa shape index (κ1) is 15.3. The smallest absolute Gasteiger partial charge is 0.00956 e. The molecular formula is C14H30N2S. The van der Waals surface area contributed by atoms with E-state index in [2.05, 4.69) is 43.0 Å². The van der Waals surface area contributed by atoms with Crippen molar-refractivity contribution in [3.63, 3.8) is 0 Å². The SMILES string of the molecule is CCCNC1CCCC1CCSCCN(C)C. The number of thioether (sulfide) groups is 1. The van der Waals surface area contributed by atoms with Gasteiger partial charge in [-0.15, -0.1) is 0 Å². The maximum atomic E-state index is 3.72. The Morgan fingerprint density at radius 2 is 2.06 bits per heavy atom. The van der Waals surface area contributed by atoms with E-state index >= 15 is 0 Å². The van der Waals surface area contributed by atoms with Crippen molar-refractivity contribution >= 4 is 11.8 Å². The topological polar surface area (TPSA) is 15.3 Å². The summed E-state index contributed by atoms with van der Waals surface area (Å²) in [5, 5.41) is 3.72. The minimum absolute atomic E-state index is 0.824. The van der Waals surface area contributed by atoms with Crippen LogP contribution in [0.1, 0.15) is 39.0 Å². The Hall–Kier alpha value is 0.270. The van der Waals surface area contributed by atoms with Crippen LogP contribution in [0.5, 0.6) is 0 Å². The highest BCUT2D eigenvalue weighted by Gasteiger charge is 2.25. The molecule has 0 radical (unpaired) electrons. The normalized spacial score (nSPS) is 24.7. The first-order chi connectivity index (χ1) is 8.24. The molecule has 1 rings (SSSR count). The molecular weight excluding hydrogens is 228 g/mol. The molecule has 0 aromatic rings. The summed E-state index contributed by atoms with van der Waals surface area (Å²) in [5.41, 5.74) is 0. The Bertz CT molecular complexity index is 185. The van der Waals surface area contributed by atoms with Gasteiger partial charge in [0.15, 0.2) is 0 Å². The highest BCUT2D eigenvalue weighted by molar-refractivity contribution is 7.99. The molecule has 17 heavy (non-hydrogen) atoms. The first-order valence-corrected chi connectivity index (χ1v) is 8.35. The van der Waals surface area contributed by atoms with Crippen LogP contribution in [0.3, 0.4) is 0 Å². The lowest BCUT2D eigenvalue weighted by Crippen LogP contribution is -2.33. The predicted molar refractivity (Wildman–Crippen MR) is 79.9 cm³/mol. The summed E-state index contributed by atoms with van der Waals surface area (Å²) >= 11 is 2.12. The summed E-state index contributed by atoms with van der Waals surface area (Å²) in [4.78, 5) is 2.27. The second kappa shape index (κ2) is 9.23. The average Bonchev–Trinajstić information content (AvgIpc) is 2.73. The lowest BCUT2D eigenvalue weighted by molar-refractivity contribution is 0.393. The van der Waals surface area contributed by atoms with E-state index < -0.39 is 0 Å². The molecule has 3 heteroatoms. The Kier molecular flexibility index (Phi) is 8.33. The van der Waals surface area contributed by atoms with Gasteiger partial charge in [-0.3, -0.25) is 0 Å². The highest BCUT2D eigenvalue weighted by atomic mass is 32.2. The minimum Gasteiger partial charge on any atom is -0.314 e. The maximum absolute atomic E-state index is 3.72. The standard InChI is InChI=1S/C14H30N2S/c1-4-9-15-14-7-5-6-13(14)8-11-17-12-10-16(2)3/h13-15H,4-12H2,1-3H3. The zero-order valence-corrected chi connectivity index (χ0v) is 12.7. The average molecular weight is 258 g/mol. The van der Waals surface area contributed by atoms with Gasteiger partial charge in [0.2, 0.25) is 0 Å². The summed E-state index contributed by atoms with van der Waals surface area (Å²) in [5.74, 6) is 3.59. The van der Waals surface area contributed by atoms with Gasteiger partial charge in [0.1, 0.15) is 0 Å². The monoisotopic (exact) mass is 258 g/mol. The molecule has 2 nitrogen and oxygen atoms in total. The van der Waals surface area contributed by atoms with Crippen molar-refractivity contribution in [3.8, 4) is 0 Å². The first-order valence-electron chi connectivity index (χ1n) is 7.20. The van der Waals surface area contributed by atoms with E-state index in [1.54, 1.807) is 0 Å². The van der Waals surface area contributed by atoms with Crippen molar-refractivity contribution in [3.05, 3.63) is 0 Å². The van der Waals surface area contributed by atoms with Crippen LogP contribution in [-0.4, -0.2) is 49.6 Å². The Morgan fingerprint density at radius 3 is 2.76 bits per heavy atom. The largest absolute Gasteiger partial charge is 0.314 e.